The van der Waals surface area contributed by atoms with Gasteiger partial charge in [-0.15, -0.1) is 0 Å². The minimum atomic E-state index is -3.61. The summed E-state index contributed by atoms with van der Waals surface area (Å²) in [7, 11) is -2.35. The lowest BCUT2D eigenvalue weighted by molar-refractivity contribution is -0.140. The summed E-state index contributed by atoms with van der Waals surface area (Å²) in [5, 5.41) is 0. The number of carbonyl (C=O) groups is 1. The zero-order valence-electron chi connectivity index (χ0n) is 8.10. The largest absolute Gasteiger partial charge is 0.469 e. The van der Waals surface area contributed by atoms with E-state index in [2.05, 4.69) is 8.92 Å². The van der Waals surface area contributed by atoms with Crippen LogP contribution in [0.4, 0.5) is 0 Å². The Kier molecular flexibility index (Phi) is 3.46. The second kappa shape index (κ2) is 4.24. The molecule has 1 saturated heterocycles. The minimum Gasteiger partial charge on any atom is -0.469 e. The molecule has 6 nitrogen and oxygen atoms in total. The Labute approximate surface area is 83.0 Å². The molecule has 0 N–H and O–H groups in total. The molecule has 0 amide bonds. The Morgan fingerprint density at radius 1 is 1.64 bits per heavy atom. The number of carbonyl (C=O) groups excluding carboxylic acids is 1. The van der Waals surface area contributed by atoms with Crippen LogP contribution in [0.3, 0.4) is 0 Å². The van der Waals surface area contributed by atoms with Gasteiger partial charge in [0.25, 0.3) is 0 Å². The molecule has 14 heavy (non-hydrogen) atoms. The second-order valence-electron chi connectivity index (χ2n) is 3.03. The molecule has 0 aliphatic carbocycles. The van der Waals surface area contributed by atoms with E-state index in [1.165, 1.54) is 7.11 Å². The van der Waals surface area contributed by atoms with Crippen molar-refractivity contribution >= 4 is 16.3 Å². The van der Waals surface area contributed by atoms with Crippen LogP contribution in [0.15, 0.2) is 0 Å². The lowest BCUT2D eigenvalue weighted by atomic mass is 10.3. The summed E-state index contributed by atoms with van der Waals surface area (Å²) in [6.45, 7) is 1.97. The van der Waals surface area contributed by atoms with Gasteiger partial charge in [-0.3, -0.25) is 8.98 Å². The van der Waals surface area contributed by atoms with Gasteiger partial charge in [-0.25, -0.2) is 0 Å². The molecule has 1 fully saturated rings. The standard InChI is InChI=1S/C7H13NO5S/c1-6-5-13-14(10,11)8(6)4-3-7(9)12-2/h6H,3-5H2,1-2H3/t6-/m0/s1. The van der Waals surface area contributed by atoms with Gasteiger partial charge in [-0.1, -0.05) is 0 Å². The summed E-state index contributed by atoms with van der Waals surface area (Å²) in [6, 6.07) is -0.218. The Balaban J connectivity index is 2.55. The van der Waals surface area contributed by atoms with Crippen LogP contribution in [-0.2, 0) is 24.0 Å². The molecule has 1 aliphatic heterocycles. The quantitative estimate of drug-likeness (QED) is 0.604. The molecule has 0 saturated carbocycles. The second-order valence-corrected chi connectivity index (χ2v) is 4.59. The highest BCUT2D eigenvalue weighted by molar-refractivity contribution is 7.84. The Bertz CT molecular complexity index is 312. The Morgan fingerprint density at radius 2 is 2.29 bits per heavy atom. The molecule has 0 unspecified atom stereocenters. The zero-order chi connectivity index (χ0) is 10.8. The van der Waals surface area contributed by atoms with Gasteiger partial charge in [0.2, 0.25) is 0 Å². The summed E-state index contributed by atoms with van der Waals surface area (Å²) in [4.78, 5) is 10.8. The maximum atomic E-state index is 11.2. The molecule has 0 spiro atoms. The predicted octanol–water partition coefficient (Wildman–Crippen LogP) is -0.485. The van der Waals surface area contributed by atoms with Gasteiger partial charge in [0.05, 0.1) is 20.1 Å². The van der Waals surface area contributed by atoms with Gasteiger partial charge in [-0.2, -0.15) is 12.7 Å². The lowest BCUT2D eigenvalue weighted by Crippen LogP contribution is -2.33. The fourth-order valence-electron chi connectivity index (χ4n) is 1.19. The fraction of sp³-hybridized carbons (Fsp3) is 0.857. The highest BCUT2D eigenvalue weighted by Crippen LogP contribution is 2.18. The SMILES string of the molecule is COC(=O)CCN1[C@@H](C)COS1(=O)=O. The first-order chi connectivity index (χ1) is 6.47. The van der Waals surface area contributed by atoms with Crippen molar-refractivity contribution in [1.82, 2.24) is 4.31 Å². The molecule has 1 rings (SSSR count). The van der Waals surface area contributed by atoms with Crippen molar-refractivity contribution in [2.45, 2.75) is 19.4 Å². The summed E-state index contributed by atoms with van der Waals surface area (Å²) >= 11 is 0. The molecule has 0 aromatic heterocycles. The van der Waals surface area contributed by atoms with Crippen molar-refractivity contribution < 1.29 is 22.1 Å². The van der Waals surface area contributed by atoms with E-state index in [-0.39, 0.29) is 25.6 Å². The van der Waals surface area contributed by atoms with E-state index < -0.39 is 16.3 Å². The van der Waals surface area contributed by atoms with Gasteiger partial charge >= 0.3 is 16.3 Å². The first-order valence-corrected chi connectivity index (χ1v) is 5.57. The Hall–Kier alpha value is -0.660. The molecule has 82 valence electrons. The van der Waals surface area contributed by atoms with E-state index in [1.807, 2.05) is 0 Å². The van der Waals surface area contributed by atoms with Crippen LogP contribution in [0.5, 0.6) is 0 Å². The number of hydrogen-bond donors (Lipinski definition) is 0. The molecular weight excluding hydrogens is 210 g/mol. The average Bonchev–Trinajstić information content (AvgIpc) is 2.38. The van der Waals surface area contributed by atoms with Crippen molar-refractivity contribution in [3.05, 3.63) is 0 Å². The number of esters is 1. The van der Waals surface area contributed by atoms with Crippen LogP contribution in [0.25, 0.3) is 0 Å². The van der Waals surface area contributed by atoms with Gasteiger partial charge in [0, 0.05) is 12.6 Å². The maximum Gasteiger partial charge on any atom is 0.338 e. The molecule has 1 atom stereocenters. The normalized spacial score (nSPS) is 26.3. The molecular formula is C7H13NO5S. The molecule has 0 aromatic rings. The minimum absolute atomic E-state index is 0.0451. The van der Waals surface area contributed by atoms with Gasteiger partial charge in [-0.05, 0) is 6.92 Å². The summed E-state index contributed by atoms with van der Waals surface area (Å²) in [5.74, 6) is -0.431. The first-order valence-electron chi connectivity index (χ1n) is 4.20. The first kappa shape index (κ1) is 11.4. The van der Waals surface area contributed by atoms with Crippen molar-refractivity contribution in [2.75, 3.05) is 20.3 Å². The van der Waals surface area contributed by atoms with E-state index in [0.29, 0.717) is 0 Å². The van der Waals surface area contributed by atoms with Gasteiger partial charge in [0.15, 0.2) is 0 Å². The number of hydrogen-bond acceptors (Lipinski definition) is 5. The van der Waals surface area contributed by atoms with E-state index in [4.69, 9.17) is 0 Å². The number of rotatable bonds is 3. The zero-order valence-corrected chi connectivity index (χ0v) is 8.91. The summed E-state index contributed by atoms with van der Waals surface area (Å²) in [5.41, 5.74) is 0. The van der Waals surface area contributed by atoms with Gasteiger partial charge < -0.3 is 4.74 Å². The van der Waals surface area contributed by atoms with Crippen molar-refractivity contribution in [1.29, 1.82) is 0 Å². The van der Waals surface area contributed by atoms with Crippen LogP contribution < -0.4 is 0 Å². The van der Waals surface area contributed by atoms with Crippen molar-refractivity contribution in [3.63, 3.8) is 0 Å². The molecule has 0 bridgehead atoms. The van der Waals surface area contributed by atoms with Crippen molar-refractivity contribution in [2.24, 2.45) is 0 Å². The molecule has 0 aromatic carbocycles. The third kappa shape index (κ3) is 2.43. The fourth-order valence-corrected chi connectivity index (χ4v) is 2.51. The number of methoxy groups -OCH3 is 1. The van der Waals surface area contributed by atoms with Crippen LogP contribution >= 0.6 is 0 Å². The summed E-state index contributed by atoms with van der Waals surface area (Å²) < 4.78 is 32.6. The third-order valence-electron chi connectivity index (χ3n) is 2.00. The molecule has 1 aliphatic rings. The number of ether oxygens (including phenoxy) is 1. The predicted molar refractivity (Wildman–Crippen MR) is 47.7 cm³/mol. The van der Waals surface area contributed by atoms with Crippen LogP contribution in [-0.4, -0.2) is 45.0 Å². The Morgan fingerprint density at radius 3 is 2.71 bits per heavy atom. The molecule has 7 heteroatoms. The summed E-state index contributed by atoms with van der Waals surface area (Å²) in [6.07, 6.45) is 0.0451. The monoisotopic (exact) mass is 223 g/mol. The van der Waals surface area contributed by atoms with E-state index in [0.717, 1.165) is 4.31 Å². The van der Waals surface area contributed by atoms with Crippen LogP contribution in [0, 0.1) is 0 Å². The van der Waals surface area contributed by atoms with Crippen LogP contribution in [0.1, 0.15) is 13.3 Å². The lowest BCUT2D eigenvalue weighted by Gasteiger charge is -2.15. The highest BCUT2D eigenvalue weighted by Gasteiger charge is 2.35. The van der Waals surface area contributed by atoms with Crippen LogP contribution in [0.2, 0.25) is 0 Å². The molecule has 0 radical (unpaired) electrons. The average molecular weight is 223 g/mol. The maximum absolute atomic E-state index is 11.2. The highest BCUT2D eigenvalue weighted by atomic mass is 32.2. The van der Waals surface area contributed by atoms with E-state index in [9.17, 15) is 13.2 Å². The van der Waals surface area contributed by atoms with E-state index >= 15 is 0 Å². The van der Waals surface area contributed by atoms with E-state index in [1.54, 1.807) is 6.92 Å². The smallest absolute Gasteiger partial charge is 0.338 e. The topological polar surface area (TPSA) is 72.9 Å². The van der Waals surface area contributed by atoms with Crippen molar-refractivity contribution in [3.8, 4) is 0 Å². The van der Waals surface area contributed by atoms with Gasteiger partial charge in [0.1, 0.15) is 0 Å². The molecule has 1 heterocycles. The number of nitrogens with zero attached hydrogens (tertiary/aromatic N) is 1. The third-order valence-corrected chi connectivity index (χ3v) is 3.55.